The molecule has 0 aliphatic carbocycles. The Bertz CT molecular complexity index is 1100. The molecule has 2 aromatic rings. The Balaban J connectivity index is 2.42. The van der Waals surface area contributed by atoms with Gasteiger partial charge in [0.2, 0.25) is 15.9 Å². The zero-order valence-corrected chi connectivity index (χ0v) is 19.5. The Morgan fingerprint density at radius 1 is 1.13 bits per heavy atom. The summed E-state index contributed by atoms with van der Waals surface area (Å²) in [5, 5.41) is 14.1. The van der Waals surface area contributed by atoms with Crippen LogP contribution >= 0.6 is 0 Å². The summed E-state index contributed by atoms with van der Waals surface area (Å²) in [6, 6.07) is 8.53. The average Bonchev–Trinajstić information content (AvgIpc) is 2.66. The number of carbonyl (C=O) groups excluding carboxylic acids is 1. The predicted octanol–water partition coefficient (Wildman–Crippen LogP) is 3.94. The van der Waals surface area contributed by atoms with E-state index >= 15 is 0 Å². The molecular weight excluding hydrogens is 418 g/mol. The summed E-state index contributed by atoms with van der Waals surface area (Å²) in [6.07, 6.45) is 1.60. The number of nitrogens with one attached hydrogen (secondary N) is 1. The Labute approximate surface area is 183 Å². The molecular formula is C22H29N3O5S. The molecule has 0 heterocycles. The molecule has 168 valence electrons. The molecule has 9 heteroatoms. The van der Waals surface area contributed by atoms with E-state index in [1.165, 1.54) is 25.1 Å². The summed E-state index contributed by atoms with van der Waals surface area (Å²) in [6.45, 7) is 9.02. The molecule has 1 N–H and O–H groups in total. The molecule has 2 rings (SSSR count). The van der Waals surface area contributed by atoms with Crippen molar-refractivity contribution in [2.45, 2.75) is 53.1 Å². The van der Waals surface area contributed by atoms with E-state index in [0.29, 0.717) is 12.0 Å². The van der Waals surface area contributed by atoms with E-state index in [-0.39, 0.29) is 17.4 Å². The van der Waals surface area contributed by atoms with Crippen molar-refractivity contribution >= 4 is 27.3 Å². The first kappa shape index (κ1) is 24.3. The van der Waals surface area contributed by atoms with E-state index in [9.17, 15) is 23.3 Å². The second-order valence-electron chi connectivity index (χ2n) is 7.79. The summed E-state index contributed by atoms with van der Waals surface area (Å²) in [4.78, 5) is 23.7. The van der Waals surface area contributed by atoms with Gasteiger partial charge in [-0.05, 0) is 50.8 Å². The maximum atomic E-state index is 13.1. The van der Waals surface area contributed by atoms with Gasteiger partial charge in [0.25, 0.3) is 5.69 Å². The van der Waals surface area contributed by atoms with Gasteiger partial charge in [0.1, 0.15) is 6.04 Å². The van der Waals surface area contributed by atoms with Crippen LogP contribution in [0, 0.1) is 30.9 Å². The smallest absolute Gasteiger partial charge is 0.271 e. The molecule has 8 nitrogen and oxygen atoms in total. The number of rotatable bonds is 8. The van der Waals surface area contributed by atoms with Crippen LogP contribution in [0.1, 0.15) is 48.6 Å². The molecule has 1 amide bonds. The molecule has 2 aromatic carbocycles. The van der Waals surface area contributed by atoms with Crippen LogP contribution in [-0.2, 0) is 14.8 Å². The summed E-state index contributed by atoms with van der Waals surface area (Å²) in [5.74, 6) is -0.483. The monoisotopic (exact) mass is 447 g/mol. The molecule has 31 heavy (non-hydrogen) atoms. The van der Waals surface area contributed by atoms with Crippen LogP contribution in [0.25, 0.3) is 0 Å². The highest BCUT2D eigenvalue weighted by atomic mass is 32.2. The summed E-state index contributed by atoms with van der Waals surface area (Å²) in [5.41, 5.74) is 3.49. The zero-order chi connectivity index (χ0) is 23.5. The second kappa shape index (κ2) is 9.47. The Hall–Kier alpha value is -2.94. The van der Waals surface area contributed by atoms with Gasteiger partial charge in [-0.25, -0.2) is 8.42 Å². The Morgan fingerprint density at radius 3 is 2.29 bits per heavy atom. The lowest BCUT2D eigenvalue weighted by Gasteiger charge is -2.31. The van der Waals surface area contributed by atoms with Crippen molar-refractivity contribution in [3.63, 3.8) is 0 Å². The van der Waals surface area contributed by atoms with Crippen LogP contribution < -0.4 is 9.62 Å². The normalized spacial score (nSPS) is 13.4. The number of nitro benzene ring substituents is 1. The number of carbonyl (C=O) groups is 1. The number of benzene rings is 2. The van der Waals surface area contributed by atoms with E-state index in [0.717, 1.165) is 27.3 Å². The van der Waals surface area contributed by atoms with Crippen molar-refractivity contribution in [1.82, 2.24) is 5.32 Å². The molecule has 0 saturated heterocycles. The van der Waals surface area contributed by atoms with Gasteiger partial charge in [-0.15, -0.1) is 0 Å². The van der Waals surface area contributed by atoms with Crippen LogP contribution in [0.5, 0.6) is 0 Å². The number of non-ortho nitro benzene ring substituents is 1. The first-order chi connectivity index (χ1) is 14.4. The number of nitro groups is 1. The number of sulfonamides is 1. The number of anilines is 1. The summed E-state index contributed by atoms with van der Waals surface area (Å²) in [7, 11) is -3.90. The maximum absolute atomic E-state index is 13.1. The lowest BCUT2D eigenvalue weighted by molar-refractivity contribution is -0.384. The minimum atomic E-state index is -3.90. The third-order valence-electron chi connectivity index (χ3n) is 5.25. The van der Waals surface area contributed by atoms with Crippen molar-refractivity contribution < 1.29 is 18.1 Å². The molecule has 0 aliphatic rings. The van der Waals surface area contributed by atoms with Crippen molar-refractivity contribution in [1.29, 1.82) is 0 Å². The highest BCUT2D eigenvalue weighted by molar-refractivity contribution is 7.92. The SMILES string of the molecule is CC[C@@H](NC(=O)[C@@H](C)N(c1cc([N+](=O)[O-])ccc1C)S(C)(=O)=O)c1ccc(C)cc1C. The lowest BCUT2D eigenvalue weighted by atomic mass is 9.97. The third-order valence-corrected chi connectivity index (χ3v) is 6.48. The topological polar surface area (TPSA) is 110 Å². The molecule has 2 atom stereocenters. The minimum Gasteiger partial charge on any atom is -0.347 e. The molecule has 0 radical (unpaired) electrons. The van der Waals surface area contributed by atoms with Gasteiger partial charge in [-0.3, -0.25) is 19.2 Å². The van der Waals surface area contributed by atoms with E-state index in [1.54, 1.807) is 6.92 Å². The number of amides is 1. The van der Waals surface area contributed by atoms with Crippen LogP contribution in [0.2, 0.25) is 0 Å². The maximum Gasteiger partial charge on any atom is 0.271 e. The predicted molar refractivity (Wildman–Crippen MR) is 122 cm³/mol. The molecule has 0 fully saturated rings. The highest BCUT2D eigenvalue weighted by Gasteiger charge is 2.32. The lowest BCUT2D eigenvalue weighted by Crippen LogP contribution is -2.49. The van der Waals surface area contributed by atoms with Crippen molar-refractivity contribution in [2.24, 2.45) is 0 Å². The van der Waals surface area contributed by atoms with Crippen molar-refractivity contribution in [3.8, 4) is 0 Å². The fraction of sp³-hybridized carbons (Fsp3) is 0.409. The summed E-state index contributed by atoms with van der Waals surface area (Å²) < 4.78 is 26.2. The number of hydrogen-bond donors (Lipinski definition) is 1. The zero-order valence-electron chi connectivity index (χ0n) is 18.7. The molecule has 0 aromatic heterocycles. The quantitative estimate of drug-likeness (QED) is 0.487. The van der Waals surface area contributed by atoms with Gasteiger partial charge in [-0.1, -0.05) is 36.8 Å². The van der Waals surface area contributed by atoms with Gasteiger partial charge >= 0.3 is 0 Å². The average molecular weight is 448 g/mol. The van der Waals surface area contributed by atoms with Gasteiger partial charge in [-0.2, -0.15) is 0 Å². The van der Waals surface area contributed by atoms with Gasteiger partial charge in [0.15, 0.2) is 0 Å². The molecule has 0 bridgehead atoms. The van der Waals surface area contributed by atoms with E-state index in [4.69, 9.17) is 0 Å². The number of nitrogens with zero attached hydrogens (tertiary/aromatic N) is 2. The van der Waals surface area contributed by atoms with Gasteiger partial charge in [0.05, 0.1) is 22.9 Å². The number of hydrogen-bond acceptors (Lipinski definition) is 5. The van der Waals surface area contributed by atoms with Crippen LogP contribution in [0.4, 0.5) is 11.4 Å². The molecule has 0 unspecified atom stereocenters. The first-order valence-electron chi connectivity index (χ1n) is 9.98. The van der Waals surface area contributed by atoms with Gasteiger partial charge in [0, 0.05) is 12.1 Å². The Kier molecular flexibility index (Phi) is 7.43. The van der Waals surface area contributed by atoms with Crippen LogP contribution in [0.15, 0.2) is 36.4 Å². The number of aryl methyl sites for hydroxylation is 3. The van der Waals surface area contributed by atoms with E-state index in [2.05, 4.69) is 5.32 Å². The van der Waals surface area contributed by atoms with E-state index < -0.39 is 26.9 Å². The Morgan fingerprint density at radius 2 is 1.77 bits per heavy atom. The van der Waals surface area contributed by atoms with Crippen molar-refractivity contribution in [3.05, 3.63) is 68.8 Å². The molecule has 0 saturated carbocycles. The van der Waals surface area contributed by atoms with Crippen molar-refractivity contribution in [2.75, 3.05) is 10.6 Å². The van der Waals surface area contributed by atoms with Crippen LogP contribution in [0.3, 0.4) is 0 Å². The molecule has 0 spiro atoms. The standard InChI is InChI=1S/C22H29N3O5S/c1-7-20(19-11-8-14(2)12-16(19)4)23-22(26)17(5)24(31(6,29)30)21-13-18(25(27)28)10-9-15(21)3/h8-13,17,20H,7H2,1-6H3,(H,23,26)/t17-,20-/m1/s1. The fourth-order valence-corrected chi connectivity index (χ4v) is 4.86. The van der Waals surface area contributed by atoms with Gasteiger partial charge < -0.3 is 5.32 Å². The largest absolute Gasteiger partial charge is 0.347 e. The minimum absolute atomic E-state index is 0.110. The second-order valence-corrected chi connectivity index (χ2v) is 9.65. The summed E-state index contributed by atoms with van der Waals surface area (Å²) >= 11 is 0. The third kappa shape index (κ3) is 5.61. The first-order valence-corrected chi connectivity index (χ1v) is 11.8. The highest BCUT2D eigenvalue weighted by Crippen LogP contribution is 2.30. The van der Waals surface area contributed by atoms with E-state index in [1.807, 2.05) is 39.0 Å². The van der Waals surface area contributed by atoms with Crippen LogP contribution in [-0.4, -0.2) is 31.5 Å². The molecule has 0 aliphatic heterocycles. The fourth-order valence-electron chi connectivity index (χ4n) is 3.64.